The number of carbonyl (C=O) groups excluding carboxylic acids is 2. The van der Waals surface area contributed by atoms with E-state index in [-0.39, 0.29) is 11.5 Å². The summed E-state index contributed by atoms with van der Waals surface area (Å²) in [5, 5.41) is 5.44. The summed E-state index contributed by atoms with van der Waals surface area (Å²) in [6.07, 6.45) is 1.37. The maximum absolute atomic E-state index is 12.4. The first kappa shape index (κ1) is 26.4. The van der Waals surface area contributed by atoms with Crippen molar-refractivity contribution < 1.29 is 32.6 Å². The number of ether oxygens (including phenoxy) is 3. The first-order chi connectivity index (χ1) is 16.7. The van der Waals surface area contributed by atoms with Crippen LogP contribution in [0.1, 0.15) is 12.5 Å². The largest absolute Gasteiger partial charge is 0.493 e. The number of nitrogens with one attached hydrogen (secondary N) is 1. The fraction of sp³-hybridized carbons (Fsp3) is 0.174. The standard InChI is InChI=1S/C23H18Cl2F2N2O5S/c1-12(21(31)29-23-28-17(11-35-23)14-5-6-15(24)16(25)10-14)33-20(30)8-4-13-3-7-18(34-22(26)27)19(9-13)32-2/h3-12,22H,1-2H3,(H,28,29,31). The Labute approximate surface area is 213 Å². The number of carbonyl (C=O) groups is 2. The number of halogens is 4. The van der Waals surface area contributed by atoms with Gasteiger partial charge in [0.1, 0.15) is 0 Å². The summed E-state index contributed by atoms with van der Waals surface area (Å²) in [5.74, 6) is -1.43. The molecule has 0 fully saturated rings. The molecule has 0 spiro atoms. The molecule has 12 heteroatoms. The third-order valence-corrected chi connectivity index (χ3v) is 5.92. The second kappa shape index (κ2) is 12.0. The number of nitrogens with zero attached hydrogens (tertiary/aromatic N) is 1. The van der Waals surface area contributed by atoms with Crippen LogP contribution in [-0.4, -0.2) is 36.7 Å². The molecule has 1 amide bonds. The van der Waals surface area contributed by atoms with Crippen LogP contribution in [-0.2, 0) is 14.3 Å². The summed E-state index contributed by atoms with van der Waals surface area (Å²) >= 11 is 13.1. The molecular formula is C23H18Cl2F2N2O5S. The van der Waals surface area contributed by atoms with Crippen LogP contribution in [0.15, 0.2) is 47.9 Å². The molecule has 184 valence electrons. The summed E-state index contributed by atoms with van der Waals surface area (Å²) in [6, 6.07) is 9.20. The third-order valence-electron chi connectivity index (χ3n) is 4.43. The number of anilines is 1. The van der Waals surface area contributed by atoms with Gasteiger partial charge in [-0.2, -0.15) is 8.78 Å². The molecule has 3 aromatic rings. The van der Waals surface area contributed by atoms with E-state index in [4.69, 9.17) is 32.7 Å². The average molecular weight is 543 g/mol. The Morgan fingerprint density at radius 1 is 1.11 bits per heavy atom. The van der Waals surface area contributed by atoms with E-state index in [1.165, 1.54) is 49.6 Å². The minimum atomic E-state index is -3.00. The van der Waals surface area contributed by atoms with Crippen molar-refractivity contribution in [2.24, 2.45) is 0 Å². The molecule has 0 radical (unpaired) electrons. The average Bonchev–Trinajstić information content (AvgIpc) is 3.28. The van der Waals surface area contributed by atoms with Crippen LogP contribution in [0.3, 0.4) is 0 Å². The molecule has 0 aliphatic rings. The van der Waals surface area contributed by atoms with E-state index in [1.54, 1.807) is 23.6 Å². The van der Waals surface area contributed by atoms with E-state index in [9.17, 15) is 18.4 Å². The SMILES string of the molecule is COc1cc(C=CC(=O)OC(C)C(=O)Nc2nc(-c3ccc(Cl)c(Cl)c3)cs2)ccc1OC(F)F. The number of alkyl halides is 2. The van der Waals surface area contributed by atoms with Crippen molar-refractivity contribution in [2.45, 2.75) is 19.6 Å². The topological polar surface area (TPSA) is 86.8 Å². The Balaban J connectivity index is 1.57. The zero-order valence-corrected chi connectivity index (χ0v) is 20.6. The van der Waals surface area contributed by atoms with Crippen LogP contribution in [0, 0.1) is 0 Å². The Morgan fingerprint density at radius 2 is 1.89 bits per heavy atom. The zero-order valence-electron chi connectivity index (χ0n) is 18.3. The predicted molar refractivity (Wildman–Crippen MR) is 130 cm³/mol. The Morgan fingerprint density at radius 3 is 2.57 bits per heavy atom. The van der Waals surface area contributed by atoms with Gasteiger partial charge in [-0.25, -0.2) is 9.78 Å². The smallest absolute Gasteiger partial charge is 0.387 e. The highest BCUT2D eigenvalue weighted by molar-refractivity contribution is 7.14. The van der Waals surface area contributed by atoms with Gasteiger partial charge in [0.15, 0.2) is 22.7 Å². The van der Waals surface area contributed by atoms with Gasteiger partial charge >= 0.3 is 12.6 Å². The van der Waals surface area contributed by atoms with Gasteiger partial charge < -0.3 is 14.2 Å². The number of rotatable bonds is 9. The monoisotopic (exact) mass is 542 g/mol. The van der Waals surface area contributed by atoms with E-state index in [0.29, 0.717) is 26.4 Å². The zero-order chi connectivity index (χ0) is 25.5. The van der Waals surface area contributed by atoms with Crippen molar-refractivity contribution in [3.8, 4) is 22.8 Å². The first-order valence-electron chi connectivity index (χ1n) is 9.89. The maximum atomic E-state index is 12.4. The lowest BCUT2D eigenvalue weighted by Gasteiger charge is -2.11. The van der Waals surface area contributed by atoms with Gasteiger partial charge in [0.05, 0.1) is 22.8 Å². The van der Waals surface area contributed by atoms with Gasteiger partial charge in [0.25, 0.3) is 5.91 Å². The minimum absolute atomic E-state index is 0.0669. The molecular weight excluding hydrogens is 525 g/mol. The number of hydrogen-bond donors (Lipinski definition) is 1. The molecule has 7 nitrogen and oxygen atoms in total. The van der Waals surface area contributed by atoms with Gasteiger partial charge in [0, 0.05) is 17.0 Å². The summed E-state index contributed by atoms with van der Waals surface area (Å²) in [6.45, 7) is -1.59. The number of amides is 1. The number of hydrogen-bond acceptors (Lipinski definition) is 7. The van der Waals surface area contributed by atoms with Crippen LogP contribution >= 0.6 is 34.5 Å². The van der Waals surface area contributed by atoms with Gasteiger partial charge in [-0.05, 0) is 42.8 Å². The van der Waals surface area contributed by atoms with Gasteiger partial charge in [-0.15, -0.1) is 11.3 Å². The first-order valence-corrected chi connectivity index (χ1v) is 11.5. The normalized spacial score (nSPS) is 12.0. The molecule has 1 N–H and O–H groups in total. The summed E-state index contributed by atoms with van der Waals surface area (Å²) in [7, 11) is 1.30. The highest BCUT2D eigenvalue weighted by Crippen LogP contribution is 2.31. The lowest BCUT2D eigenvalue weighted by atomic mass is 10.2. The van der Waals surface area contributed by atoms with Crippen molar-refractivity contribution in [1.82, 2.24) is 4.98 Å². The number of esters is 1. The molecule has 1 unspecified atom stereocenters. The highest BCUT2D eigenvalue weighted by Gasteiger charge is 2.18. The fourth-order valence-corrected chi connectivity index (χ4v) is 3.76. The Kier molecular flexibility index (Phi) is 9.02. The third kappa shape index (κ3) is 7.38. The highest BCUT2D eigenvalue weighted by atomic mass is 35.5. The van der Waals surface area contributed by atoms with Crippen molar-refractivity contribution in [1.29, 1.82) is 0 Å². The van der Waals surface area contributed by atoms with Crippen molar-refractivity contribution in [2.75, 3.05) is 12.4 Å². The summed E-state index contributed by atoms with van der Waals surface area (Å²) in [4.78, 5) is 28.8. The molecule has 1 aromatic heterocycles. The molecule has 0 saturated carbocycles. The lowest BCUT2D eigenvalue weighted by Crippen LogP contribution is -2.29. The van der Waals surface area contributed by atoms with E-state index in [1.807, 2.05) is 0 Å². The quantitative estimate of drug-likeness (QED) is 0.252. The second-order valence-electron chi connectivity index (χ2n) is 6.86. The molecule has 1 atom stereocenters. The maximum Gasteiger partial charge on any atom is 0.387 e. The molecule has 0 aliphatic heterocycles. The number of methoxy groups -OCH3 is 1. The van der Waals surface area contributed by atoms with Gasteiger partial charge in [0.2, 0.25) is 0 Å². The number of thiazole rings is 1. The van der Waals surface area contributed by atoms with Crippen LogP contribution in [0.5, 0.6) is 11.5 Å². The Hall–Kier alpha value is -3.21. The predicted octanol–water partition coefficient (Wildman–Crippen LogP) is 6.31. The van der Waals surface area contributed by atoms with Crippen LogP contribution < -0.4 is 14.8 Å². The molecule has 35 heavy (non-hydrogen) atoms. The van der Waals surface area contributed by atoms with Crippen molar-refractivity contribution in [3.05, 3.63) is 63.5 Å². The molecule has 0 aliphatic carbocycles. The van der Waals surface area contributed by atoms with Crippen LogP contribution in [0.4, 0.5) is 13.9 Å². The van der Waals surface area contributed by atoms with Gasteiger partial charge in [-0.3, -0.25) is 10.1 Å². The van der Waals surface area contributed by atoms with E-state index in [0.717, 1.165) is 11.6 Å². The molecule has 1 heterocycles. The molecule has 3 rings (SSSR count). The lowest BCUT2D eigenvalue weighted by molar-refractivity contribution is -0.148. The number of benzene rings is 2. The Bertz CT molecular complexity index is 1250. The van der Waals surface area contributed by atoms with Crippen LogP contribution in [0.25, 0.3) is 17.3 Å². The van der Waals surface area contributed by atoms with Gasteiger partial charge in [-0.1, -0.05) is 35.3 Å². The number of aromatic nitrogens is 1. The summed E-state index contributed by atoms with van der Waals surface area (Å²) in [5.41, 5.74) is 1.79. The van der Waals surface area contributed by atoms with E-state index < -0.39 is 24.6 Å². The molecule has 2 aromatic carbocycles. The summed E-state index contributed by atoms with van der Waals surface area (Å²) < 4.78 is 39.3. The molecule has 0 saturated heterocycles. The van der Waals surface area contributed by atoms with E-state index >= 15 is 0 Å². The van der Waals surface area contributed by atoms with E-state index in [2.05, 4.69) is 15.0 Å². The van der Waals surface area contributed by atoms with Crippen molar-refractivity contribution in [3.63, 3.8) is 0 Å². The van der Waals surface area contributed by atoms with Crippen LogP contribution in [0.2, 0.25) is 10.0 Å². The minimum Gasteiger partial charge on any atom is -0.493 e. The second-order valence-corrected chi connectivity index (χ2v) is 8.53. The molecule has 0 bridgehead atoms. The fourth-order valence-electron chi connectivity index (χ4n) is 2.74. The van der Waals surface area contributed by atoms with Crippen molar-refractivity contribution >= 4 is 57.6 Å².